The van der Waals surface area contributed by atoms with Crippen LogP contribution in [0, 0.1) is 5.92 Å². The van der Waals surface area contributed by atoms with Gasteiger partial charge in [-0.2, -0.15) is 0 Å². The lowest BCUT2D eigenvalue weighted by atomic mass is 9.98. The number of piperidine rings is 1. The molecule has 5 heteroatoms. The monoisotopic (exact) mass is 257 g/mol. The van der Waals surface area contributed by atoms with Crippen LogP contribution < -0.4 is 5.73 Å². The second kappa shape index (κ2) is 6.79. The minimum absolute atomic E-state index is 0. The third kappa shape index (κ3) is 3.84. The summed E-state index contributed by atoms with van der Waals surface area (Å²) in [5, 5.41) is 0. The summed E-state index contributed by atoms with van der Waals surface area (Å²) < 4.78 is 0. The Hall–Kier alpha value is -0.840. The molecule has 1 aromatic heterocycles. The molecule has 0 aromatic carbocycles. The van der Waals surface area contributed by atoms with Crippen molar-refractivity contribution >= 4 is 18.2 Å². The number of aromatic amines is 1. The lowest BCUT2D eigenvalue weighted by Gasteiger charge is -2.31. The molecule has 1 aliphatic rings. The largest absolute Gasteiger partial charge is 0.359 e. The van der Waals surface area contributed by atoms with Crippen molar-refractivity contribution in [1.82, 2.24) is 9.88 Å². The number of rotatable bonds is 4. The molecule has 3 N–H and O–H groups in total. The van der Waals surface area contributed by atoms with E-state index in [0.717, 1.165) is 26.1 Å². The van der Waals surface area contributed by atoms with Crippen molar-refractivity contribution in [3.8, 4) is 0 Å². The minimum Gasteiger partial charge on any atom is -0.359 e. The number of nitrogens with two attached hydrogens (primary N) is 1. The van der Waals surface area contributed by atoms with Crippen LogP contribution in [0.3, 0.4) is 0 Å². The summed E-state index contributed by atoms with van der Waals surface area (Å²) in [6.07, 6.45) is 4.13. The van der Waals surface area contributed by atoms with Crippen LogP contribution in [-0.2, 0) is 0 Å². The van der Waals surface area contributed by atoms with Gasteiger partial charge in [-0.1, -0.05) is 0 Å². The van der Waals surface area contributed by atoms with Crippen molar-refractivity contribution in [3.63, 3.8) is 0 Å². The highest BCUT2D eigenvalue weighted by Gasteiger charge is 2.21. The number of aromatic nitrogens is 1. The van der Waals surface area contributed by atoms with Crippen LogP contribution in [-0.4, -0.2) is 41.8 Å². The zero-order valence-electron chi connectivity index (χ0n) is 9.89. The predicted octanol–water partition coefficient (Wildman–Crippen LogP) is 1.29. The molecule has 96 valence electrons. The molecule has 0 radical (unpaired) electrons. The SMILES string of the molecule is Cl.NCC1CCCN(CC(=O)c2ccc[nH]2)C1. The number of H-pyrrole nitrogens is 1. The van der Waals surface area contributed by atoms with E-state index in [1.165, 1.54) is 6.42 Å². The number of ketones is 1. The lowest BCUT2D eigenvalue weighted by Crippen LogP contribution is -2.41. The molecular weight excluding hydrogens is 238 g/mol. The second-order valence-corrected chi connectivity index (χ2v) is 4.49. The first kappa shape index (κ1) is 14.2. The molecule has 17 heavy (non-hydrogen) atoms. The van der Waals surface area contributed by atoms with Gasteiger partial charge in [0.1, 0.15) is 0 Å². The summed E-state index contributed by atoms with van der Waals surface area (Å²) in [5.41, 5.74) is 6.38. The number of halogens is 1. The fraction of sp³-hybridized carbons (Fsp3) is 0.583. The fourth-order valence-corrected chi connectivity index (χ4v) is 2.28. The number of hydrogen-bond acceptors (Lipinski definition) is 3. The maximum Gasteiger partial charge on any atom is 0.192 e. The van der Waals surface area contributed by atoms with Gasteiger partial charge in [0, 0.05) is 12.7 Å². The number of nitrogens with zero attached hydrogens (tertiary/aromatic N) is 1. The number of likely N-dealkylation sites (tertiary alicyclic amines) is 1. The molecule has 2 rings (SSSR count). The third-order valence-corrected chi connectivity index (χ3v) is 3.20. The molecule has 0 bridgehead atoms. The minimum atomic E-state index is 0. The van der Waals surface area contributed by atoms with Gasteiger partial charge < -0.3 is 10.7 Å². The molecule has 0 saturated carbocycles. The van der Waals surface area contributed by atoms with Crippen molar-refractivity contribution in [1.29, 1.82) is 0 Å². The summed E-state index contributed by atoms with van der Waals surface area (Å²) in [6, 6.07) is 3.68. The molecule has 2 heterocycles. The molecule has 1 aromatic rings. The maximum absolute atomic E-state index is 11.9. The van der Waals surface area contributed by atoms with Crippen LogP contribution >= 0.6 is 12.4 Å². The Bertz CT molecular complexity index is 340. The number of hydrogen-bond donors (Lipinski definition) is 2. The fourth-order valence-electron chi connectivity index (χ4n) is 2.28. The Morgan fingerprint density at radius 2 is 2.41 bits per heavy atom. The molecule has 0 aliphatic carbocycles. The van der Waals surface area contributed by atoms with Gasteiger partial charge in [0.05, 0.1) is 12.2 Å². The van der Waals surface area contributed by atoms with E-state index in [4.69, 9.17) is 5.73 Å². The van der Waals surface area contributed by atoms with E-state index < -0.39 is 0 Å². The average Bonchev–Trinajstić information content (AvgIpc) is 2.83. The standard InChI is InChI=1S/C12H19N3O.ClH/c13-7-10-3-2-6-15(8-10)9-12(16)11-4-1-5-14-11;/h1,4-5,10,14H,2-3,6-9,13H2;1H. The summed E-state index contributed by atoms with van der Waals surface area (Å²) in [6.45, 7) is 3.22. The van der Waals surface area contributed by atoms with Crippen LogP contribution in [0.4, 0.5) is 0 Å². The maximum atomic E-state index is 11.9. The lowest BCUT2D eigenvalue weighted by molar-refractivity contribution is 0.0885. The van der Waals surface area contributed by atoms with Gasteiger partial charge in [-0.05, 0) is 44.0 Å². The Kier molecular flexibility index (Phi) is 5.68. The molecule has 0 spiro atoms. The Balaban J connectivity index is 0.00000144. The van der Waals surface area contributed by atoms with Crippen LogP contribution in [0.5, 0.6) is 0 Å². The quantitative estimate of drug-likeness (QED) is 0.799. The smallest absolute Gasteiger partial charge is 0.192 e. The van der Waals surface area contributed by atoms with Gasteiger partial charge in [0.15, 0.2) is 5.78 Å². The average molecular weight is 258 g/mol. The zero-order chi connectivity index (χ0) is 11.4. The van der Waals surface area contributed by atoms with Crippen molar-refractivity contribution in [3.05, 3.63) is 24.0 Å². The van der Waals surface area contributed by atoms with Gasteiger partial charge in [0.2, 0.25) is 0 Å². The Morgan fingerprint density at radius 1 is 1.59 bits per heavy atom. The first-order valence-corrected chi connectivity index (χ1v) is 5.88. The van der Waals surface area contributed by atoms with Gasteiger partial charge in [0.25, 0.3) is 0 Å². The molecular formula is C12H20ClN3O. The number of carbonyl (C=O) groups excluding carboxylic acids is 1. The van der Waals surface area contributed by atoms with Gasteiger partial charge in [-0.15, -0.1) is 12.4 Å². The third-order valence-electron chi connectivity index (χ3n) is 3.20. The van der Waals surface area contributed by atoms with E-state index in [0.29, 0.717) is 18.2 Å². The van der Waals surface area contributed by atoms with E-state index in [9.17, 15) is 4.79 Å². The van der Waals surface area contributed by atoms with Gasteiger partial charge >= 0.3 is 0 Å². The van der Waals surface area contributed by atoms with E-state index in [1.54, 1.807) is 6.20 Å². The predicted molar refractivity (Wildman–Crippen MR) is 70.6 cm³/mol. The van der Waals surface area contributed by atoms with Crippen molar-refractivity contribution in [2.75, 3.05) is 26.2 Å². The van der Waals surface area contributed by atoms with E-state index in [1.807, 2.05) is 12.1 Å². The first-order chi connectivity index (χ1) is 7.79. The number of nitrogens with one attached hydrogen (secondary N) is 1. The molecule has 1 saturated heterocycles. The van der Waals surface area contributed by atoms with Crippen LogP contribution in [0.15, 0.2) is 18.3 Å². The van der Waals surface area contributed by atoms with E-state index in [-0.39, 0.29) is 18.2 Å². The molecule has 1 aliphatic heterocycles. The molecule has 1 unspecified atom stereocenters. The van der Waals surface area contributed by atoms with Crippen LogP contribution in [0.25, 0.3) is 0 Å². The summed E-state index contributed by atoms with van der Waals surface area (Å²) in [7, 11) is 0. The van der Waals surface area contributed by atoms with Crippen LogP contribution in [0.1, 0.15) is 23.3 Å². The molecule has 0 amide bonds. The number of Topliss-reactive ketones (excluding diaryl/α,β-unsaturated/α-hetero) is 1. The Morgan fingerprint density at radius 3 is 3.06 bits per heavy atom. The molecule has 1 atom stereocenters. The van der Waals surface area contributed by atoms with Crippen molar-refractivity contribution in [2.24, 2.45) is 11.7 Å². The van der Waals surface area contributed by atoms with Gasteiger partial charge in [-0.3, -0.25) is 9.69 Å². The Labute approximate surface area is 108 Å². The van der Waals surface area contributed by atoms with Crippen molar-refractivity contribution < 1.29 is 4.79 Å². The second-order valence-electron chi connectivity index (χ2n) is 4.49. The molecule has 4 nitrogen and oxygen atoms in total. The topological polar surface area (TPSA) is 62.1 Å². The normalized spacial score (nSPS) is 20.9. The van der Waals surface area contributed by atoms with Gasteiger partial charge in [-0.25, -0.2) is 0 Å². The highest BCUT2D eigenvalue weighted by Crippen LogP contribution is 2.15. The summed E-state index contributed by atoms with van der Waals surface area (Å²) >= 11 is 0. The highest BCUT2D eigenvalue weighted by atomic mass is 35.5. The van der Waals surface area contributed by atoms with Crippen molar-refractivity contribution in [2.45, 2.75) is 12.8 Å². The summed E-state index contributed by atoms with van der Waals surface area (Å²) in [4.78, 5) is 17.0. The van der Waals surface area contributed by atoms with Crippen LogP contribution in [0.2, 0.25) is 0 Å². The highest BCUT2D eigenvalue weighted by molar-refractivity contribution is 5.95. The van der Waals surface area contributed by atoms with E-state index >= 15 is 0 Å². The number of carbonyl (C=O) groups is 1. The first-order valence-electron chi connectivity index (χ1n) is 5.88. The summed E-state index contributed by atoms with van der Waals surface area (Å²) in [5.74, 6) is 0.730. The molecule has 1 fully saturated rings. The zero-order valence-corrected chi connectivity index (χ0v) is 10.7. The van der Waals surface area contributed by atoms with E-state index in [2.05, 4.69) is 9.88 Å².